The van der Waals surface area contributed by atoms with Crippen molar-refractivity contribution in [2.75, 3.05) is 13.2 Å². The van der Waals surface area contributed by atoms with Gasteiger partial charge < -0.3 is 39.4 Å². The largest absolute Gasteiger partial charge is 0.461 e. The third-order valence-corrected chi connectivity index (χ3v) is 14.9. The highest BCUT2D eigenvalue weighted by atomic mass is 16.7. The molecule has 5 saturated carbocycles. The number of hydrogen-bond donors (Lipinski definition) is 4. The fourth-order valence-corrected chi connectivity index (χ4v) is 12.6. The van der Waals surface area contributed by atoms with Crippen molar-refractivity contribution < 1.29 is 58.6 Å². The normalized spacial score (nSPS) is 50.8. The van der Waals surface area contributed by atoms with E-state index < -0.39 is 81.8 Å². The highest BCUT2D eigenvalue weighted by Crippen LogP contribution is 2.84. The molecule has 9 rings (SSSR count). The summed E-state index contributed by atoms with van der Waals surface area (Å²) in [4.78, 5) is 52.3. The van der Waals surface area contributed by atoms with E-state index in [2.05, 4.69) is 6.92 Å². The zero-order valence-corrected chi connectivity index (χ0v) is 28.4. The van der Waals surface area contributed by atoms with Crippen molar-refractivity contribution >= 4 is 23.9 Å². The molecular weight excluding hydrogens is 636 g/mol. The van der Waals surface area contributed by atoms with Crippen LogP contribution in [-0.4, -0.2) is 86.2 Å². The van der Waals surface area contributed by atoms with Gasteiger partial charge in [-0.05, 0) is 86.7 Å². The van der Waals surface area contributed by atoms with Crippen molar-refractivity contribution in [1.29, 1.82) is 0 Å². The second-order valence-corrected chi connectivity index (χ2v) is 16.6. The Kier molecular flexibility index (Phi) is 5.77. The molecule has 4 N–H and O–H groups in total. The Balaban J connectivity index is 1.31. The Labute approximate surface area is 282 Å². The molecular formula is C37H42O12. The van der Waals surface area contributed by atoms with Gasteiger partial charge in [-0.25, -0.2) is 14.4 Å². The number of aliphatic hydroxyl groups excluding tert-OH is 1. The van der Waals surface area contributed by atoms with Crippen LogP contribution < -0.4 is 0 Å². The molecule has 2 heterocycles. The van der Waals surface area contributed by atoms with Gasteiger partial charge in [0.25, 0.3) is 5.79 Å². The van der Waals surface area contributed by atoms with Crippen molar-refractivity contribution in [3.63, 3.8) is 0 Å². The Bertz CT molecular complexity index is 1850. The summed E-state index contributed by atoms with van der Waals surface area (Å²) in [6.45, 7) is 9.25. The van der Waals surface area contributed by atoms with E-state index in [9.17, 15) is 39.6 Å². The van der Waals surface area contributed by atoms with Crippen LogP contribution in [0, 0.1) is 46.3 Å². The lowest BCUT2D eigenvalue weighted by Gasteiger charge is -2.64. The molecule has 5 fully saturated rings. The Morgan fingerprint density at radius 3 is 2.31 bits per heavy atom. The van der Waals surface area contributed by atoms with Crippen LogP contribution in [-0.2, 0) is 38.1 Å². The van der Waals surface area contributed by atoms with Crippen molar-refractivity contribution in [2.45, 2.75) is 95.9 Å². The number of ether oxygens (including phenoxy) is 4. The number of esters is 4. The summed E-state index contributed by atoms with van der Waals surface area (Å²) in [5.41, 5.74) is -4.87. The predicted molar refractivity (Wildman–Crippen MR) is 165 cm³/mol. The molecule has 0 aromatic carbocycles. The first-order valence-electron chi connectivity index (χ1n) is 17.3. The monoisotopic (exact) mass is 678 g/mol. The van der Waals surface area contributed by atoms with Gasteiger partial charge in [-0.2, -0.15) is 0 Å². The van der Waals surface area contributed by atoms with Gasteiger partial charge >= 0.3 is 23.9 Å². The first kappa shape index (κ1) is 31.6. The van der Waals surface area contributed by atoms with Crippen LogP contribution in [0.4, 0.5) is 0 Å². The topological polar surface area (TPSA) is 186 Å². The van der Waals surface area contributed by atoms with E-state index in [0.717, 1.165) is 0 Å². The zero-order valence-electron chi connectivity index (χ0n) is 28.4. The summed E-state index contributed by atoms with van der Waals surface area (Å²) in [7, 11) is 0. The summed E-state index contributed by atoms with van der Waals surface area (Å²) in [6, 6.07) is 0. The van der Waals surface area contributed by atoms with Crippen LogP contribution in [0.5, 0.6) is 0 Å². The molecule has 13 atom stereocenters. The van der Waals surface area contributed by atoms with Crippen molar-refractivity contribution in [3.8, 4) is 0 Å². The maximum Gasteiger partial charge on any atom is 0.338 e. The fraction of sp³-hybridized carbons (Fsp3) is 0.676. The summed E-state index contributed by atoms with van der Waals surface area (Å²) in [5.74, 6) is -7.23. The smallest absolute Gasteiger partial charge is 0.338 e. The standard InChI is InChI=1S/C37H42O12/c1-7-14(2)28(39)47-13-35(44)22-8-19(22)32(5)23(35)10-18-17(12-46-16(4)38)30(41)48-36(18)24(32)11-34(43)21-9-20(21)33(6)27(34)26(36)25-15(3)29(40)49-37(25,45)31(33)42/h7,19-24,31,42-45H,8-13H2,1-6H3. The van der Waals surface area contributed by atoms with E-state index in [4.69, 9.17) is 18.9 Å². The second kappa shape index (κ2) is 8.93. The van der Waals surface area contributed by atoms with E-state index >= 15 is 0 Å². The average Bonchev–Trinajstić information content (AvgIpc) is 3.95. The SMILES string of the molecule is CC=C(C)C(=O)OCC1(O)C2CC2C2(C)C3CC4(O)C5=C(C6=C(C)C(=O)OC6(O)C(O)C5(C)C5CC54)C34OC(=O)C(COC(C)=O)=C4CC12. The summed E-state index contributed by atoms with van der Waals surface area (Å²) in [5, 5.41) is 49.9. The minimum absolute atomic E-state index is 0.000602. The molecule has 13 unspecified atom stereocenters. The van der Waals surface area contributed by atoms with Gasteiger partial charge in [0.1, 0.15) is 24.9 Å². The maximum absolute atomic E-state index is 14.2. The average molecular weight is 679 g/mol. The molecule has 2 aliphatic heterocycles. The number of carbonyl (C=O) groups is 4. The van der Waals surface area contributed by atoms with Gasteiger partial charge in [0.2, 0.25) is 0 Å². The molecule has 0 amide bonds. The number of rotatable bonds is 5. The lowest BCUT2D eigenvalue weighted by Crippen LogP contribution is -2.69. The number of aliphatic hydroxyl groups is 4. The maximum atomic E-state index is 14.2. The third kappa shape index (κ3) is 3.23. The third-order valence-electron chi connectivity index (χ3n) is 14.9. The Morgan fingerprint density at radius 1 is 0.939 bits per heavy atom. The van der Waals surface area contributed by atoms with Gasteiger partial charge in [0, 0.05) is 46.5 Å². The van der Waals surface area contributed by atoms with Crippen molar-refractivity contribution in [2.24, 2.45) is 46.3 Å². The van der Waals surface area contributed by atoms with Crippen LogP contribution in [0.3, 0.4) is 0 Å². The van der Waals surface area contributed by atoms with Crippen LogP contribution in [0.25, 0.3) is 0 Å². The fourth-order valence-electron chi connectivity index (χ4n) is 12.6. The molecule has 0 aromatic rings. The van der Waals surface area contributed by atoms with Gasteiger partial charge in [-0.15, -0.1) is 0 Å². The second-order valence-electron chi connectivity index (χ2n) is 16.6. The highest BCUT2D eigenvalue weighted by Gasteiger charge is 2.87. The molecule has 0 aromatic heterocycles. The molecule has 9 aliphatic rings. The van der Waals surface area contributed by atoms with Crippen molar-refractivity contribution in [3.05, 3.63) is 45.1 Å². The minimum Gasteiger partial charge on any atom is -0.461 e. The van der Waals surface area contributed by atoms with Gasteiger partial charge in [0.15, 0.2) is 5.60 Å². The number of fused-ring (bicyclic) bond motifs is 9. The van der Waals surface area contributed by atoms with E-state index in [0.29, 0.717) is 35.1 Å². The molecule has 7 aliphatic carbocycles. The number of carbonyl (C=O) groups excluding carboxylic acids is 4. The van der Waals surface area contributed by atoms with Crippen LogP contribution in [0.2, 0.25) is 0 Å². The zero-order chi connectivity index (χ0) is 35.2. The van der Waals surface area contributed by atoms with Crippen LogP contribution >= 0.6 is 0 Å². The molecule has 12 heteroatoms. The molecule has 1 spiro atoms. The molecule has 12 nitrogen and oxygen atoms in total. The van der Waals surface area contributed by atoms with E-state index in [1.807, 2.05) is 0 Å². The van der Waals surface area contributed by atoms with Crippen molar-refractivity contribution in [1.82, 2.24) is 0 Å². The van der Waals surface area contributed by atoms with Crippen LogP contribution in [0.15, 0.2) is 45.1 Å². The minimum atomic E-state index is -2.46. The molecule has 262 valence electrons. The van der Waals surface area contributed by atoms with Gasteiger partial charge in [-0.1, -0.05) is 19.9 Å². The van der Waals surface area contributed by atoms with Gasteiger partial charge in [-0.3, -0.25) is 4.79 Å². The Morgan fingerprint density at radius 2 is 1.63 bits per heavy atom. The lowest BCUT2D eigenvalue weighted by atomic mass is 9.42. The van der Waals surface area contributed by atoms with E-state index in [1.54, 1.807) is 26.8 Å². The first-order valence-corrected chi connectivity index (χ1v) is 17.3. The molecule has 49 heavy (non-hydrogen) atoms. The van der Waals surface area contributed by atoms with E-state index in [1.165, 1.54) is 13.8 Å². The molecule has 0 radical (unpaired) electrons. The predicted octanol–water partition coefficient (Wildman–Crippen LogP) is 1.70. The molecule has 0 saturated heterocycles. The molecule has 0 bridgehead atoms. The number of hydrogen-bond acceptors (Lipinski definition) is 12. The Hall–Kier alpha value is -3.32. The van der Waals surface area contributed by atoms with Gasteiger partial charge in [0.05, 0.1) is 11.2 Å². The first-order chi connectivity index (χ1) is 22.9. The number of allylic oxidation sites excluding steroid dienone is 1. The summed E-state index contributed by atoms with van der Waals surface area (Å²) >= 11 is 0. The summed E-state index contributed by atoms with van der Waals surface area (Å²) in [6.07, 6.45) is 1.49. The van der Waals surface area contributed by atoms with Crippen LogP contribution in [0.1, 0.15) is 67.2 Å². The van der Waals surface area contributed by atoms with E-state index in [-0.39, 0.29) is 59.8 Å². The lowest BCUT2D eigenvalue weighted by molar-refractivity contribution is -0.244. The highest BCUT2D eigenvalue weighted by molar-refractivity contribution is 5.98. The summed E-state index contributed by atoms with van der Waals surface area (Å²) < 4.78 is 23.3. The quantitative estimate of drug-likeness (QED) is 0.188.